The molecule has 0 spiro atoms. The first-order valence-electron chi connectivity index (χ1n) is 6.35. The van der Waals surface area contributed by atoms with E-state index in [9.17, 15) is 0 Å². The monoisotopic (exact) mass is 260 g/mol. The number of aromatic nitrogens is 1. The lowest BCUT2D eigenvalue weighted by atomic mass is 10.1. The number of thiazole rings is 1. The Labute approximate surface area is 113 Å². The van der Waals surface area contributed by atoms with Gasteiger partial charge in [-0.1, -0.05) is 37.6 Å². The number of nitrogens with two attached hydrogens (primary N) is 1. The highest BCUT2D eigenvalue weighted by Gasteiger charge is 2.18. The van der Waals surface area contributed by atoms with Gasteiger partial charge in [-0.25, -0.2) is 4.98 Å². The van der Waals surface area contributed by atoms with Gasteiger partial charge >= 0.3 is 0 Å². The lowest BCUT2D eigenvalue weighted by Crippen LogP contribution is -2.28. The Kier molecular flexibility index (Phi) is 3.83. The van der Waals surface area contributed by atoms with E-state index in [1.54, 1.807) is 11.3 Å². The lowest BCUT2D eigenvalue weighted by Gasteiger charge is -2.13. The summed E-state index contributed by atoms with van der Waals surface area (Å²) in [5, 5.41) is 3.06. The van der Waals surface area contributed by atoms with Gasteiger partial charge < -0.3 is 5.73 Å². The molecule has 0 atom stereocenters. The van der Waals surface area contributed by atoms with Gasteiger partial charge in [0.15, 0.2) is 0 Å². The lowest BCUT2D eigenvalue weighted by molar-refractivity contribution is 0.551. The van der Waals surface area contributed by atoms with Gasteiger partial charge in [0.2, 0.25) is 0 Å². The molecule has 18 heavy (non-hydrogen) atoms. The van der Waals surface area contributed by atoms with Crippen LogP contribution in [0.5, 0.6) is 0 Å². The second-order valence-electron chi connectivity index (χ2n) is 5.21. The van der Waals surface area contributed by atoms with Crippen LogP contribution in [0.25, 0.3) is 11.3 Å². The van der Waals surface area contributed by atoms with Crippen LogP contribution in [0.3, 0.4) is 0 Å². The van der Waals surface area contributed by atoms with E-state index < -0.39 is 0 Å². The average Bonchev–Trinajstić information content (AvgIpc) is 2.79. The molecular formula is C15H20N2S. The molecule has 0 radical (unpaired) electrons. The highest BCUT2D eigenvalue weighted by Crippen LogP contribution is 2.27. The second-order valence-corrected chi connectivity index (χ2v) is 6.06. The molecule has 2 N–H and O–H groups in total. The van der Waals surface area contributed by atoms with Gasteiger partial charge in [-0.3, -0.25) is 0 Å². The van der Waals surface area contributed by atoms with Crippen molar-refractivity contribution >= 4 is 11.3 Å². The first-order chi connectivity index (χ1) is 8.50. The maximum absolute atomic E-state index is 6.06. The maximum Gasteiger partial charge on any atom is 0.113 e. The fourth-order valence-corrected chi connectivity index (χ4v) is 2.70. The second kappa shape index (κ2) is 5.21. The van der Waals surface area contributed by atoms with E-state index in [0.717, 1.165) is 17.1 Å². The van der Waals surface area contributed by atoms with Gasteiger partial charge in [-0.2, -0.15) is 0 Å². The fourth-order valence-electron chi connectivity index (χ4n) is 1.83. The molecule has 1 aromatic heterocycles. The minimum absolute atomic E-state index is 0.356. The SMILES string of the molecule is CCCc1ccc(-c2csc(C(C)(C)N)n2)cc1. The van der Waals surface area contributed by atoms with E-state index in [-0.39, 0.29) is 5.54 Å². The Balaban J connectivity index is 2.23. The standard InChI is InChI=1S/C15H20N2S/c1-4-5-11-6-8-12(9-7-11)13-10-18-14(17-13)15(2,3)16/h6-10H,4-5,16H2,1-3H3. The highest BCUT2D eigenvalue weighted by molar-refractivity contribution is 7.10. The maximum atomic E-state index is 6.06. The Morgan fingerprint density at radius 1 is 1.22 bits per heavy atom. The van der Waals surface area contributed by atoms with E-state index in [4.69, 9.17) is 5.73 Å². The van der Waals surface area contributed by atoms with Crippen LogP contribution < -0.4 is 5.73 Å². The summed E-state index contributed by atoms with van der Waals surface area (Å²) in [6, 6.07) is 8.66. The van der Waals surface area contributed by atoms with Gasteiger partial charge in [0.25, 0.3) is 0 Å². The van der Waals surface area contributed by atoms with Gasteiger partial charge in [-0.15, -0.1) is 11.3 Å². The van der Waals surface area contributed by atoms with Crippen LogP contribution in [0.4, 0.5) is 0 Å². The topological polar surface area (TPSA) is 38.9 Å². The van der Waals surface area contributed by atoms with Crippen LogP contribution >= 0.6 is 11.3 Å². The van der Waals surface area contributed by atoms with Gasteiger partial charge in [0, 0.05) is 10.9 Å². The quantitative estimate of drug-likeness (QED) is 0.903. The van der Waals surface area contributed by atoms with Gasteiger partial charge in [0.05, 0.1) is 11.2 Å². The predicted octanol–water partition coefficient (Wildman–Crippen LogP) is 3.96. The zero-order chi connectivity index (χ0) is 13.2. The zero-order valence-electron chi connectivity index (χ0n) is 11.2. The van der Waals surface area contributed by atoms with Crippen molar-refractivity contribution in [1.29, 1.82) is 0 Å². The first-order valence-corrected chi connectivity index (χ1v) is 7.23. The molecule has 1 aromatic carbocycles. The summed E-state index contributed by atoms with van der Waals surface area (Å²) in [5.41, 5.74) is 9.28. The molecule has 0 saturated carbocycles. The number of hydrogen-bond acceptors (Lipinski definition) is 3. The molecule has 0 saturated heterocycles. The fraction of sp³-hybridized carbons (Fsp3) is 0.400. The van der Waals surface area contributed by atoms with Crippen molar-refractivity contribution in [3.8, 4) is 11.3 Å². The largest absolute Gasteiger partial charge is 0.320 e. The molecule has 0 unspecified atom stereocenters. The Hall–Kier alpha value is -1.19. The molecule has 2 aromatic rings. The average molecular weight is 260 g/mol. The summed E-state index contributed by atoms with van der Waals surface area (Å²) >= 11 is 1.63. The summed E-state index contributed by atoms with van der Waals surface area (Å²) in [7, 11) is 0. The molecular weight excluding hydrogens is 240 g/mol. The van der Waals surface area contributed by atoms with Crippen LogP contribution in [-0.4, -0.2) is 4.98 Å². The molecule has 0 aliphatic carbocycles. The minimum Gasteiger partial charge on any atom is -0.320 e. The molecule has 3 heteroatoms. The predicted molar refractivity (Wildman–Crippen MR) is 78.8 cm³/mol. The minimum atomic E-state index is -0.356. The summed E-state index contributed by atoms with van der Waals surface area (Å²) in [5.74, 6) is 0. The van der Waals surface area contributed by atoms with E-state index in [0.29, 0.717) is 0 Å². The van der Waals surface area contributed by atoms with E-state index >= 15 is 0 Å². The first kappa shape index (κ1) is 13.2. The van der Waals surface area contributed by atoms with E-state index in [1.165, 1.54) is 17.5 Å². The normalized spacial score (nSPS) is 11.8. The number of benzene rings is 1. The van der Waals surface area contributed by atoms with Crippen molar-refractivity contribution in [2.24, 2.45) is 5.73 Å². The number of hydrogen-bond donors (Lipinski definition) is 1. The molecule has 2 nitrogen and oxygen atoms in total. The Bertz CT molecular complexity index is 506. The third-order valence-electron chi connectivity index (χ3n) is 2.84. The molecule has 0 amide bonds. The van der Waals surface area contributed by atoms with Crippen LogP contribution in [0.15, 0.2) is 29.6 Å². The van der Waals surface area contributed by atoms with Crippen LogP contribution in [0.1, 0.15) is 37.8 Å². The molecule has 2 rings (SSSR count). The highest BCUT2D eigenvalue weighted by atomic mass is 32.1. The molecule has 1 heterocycles. The summed E-state index contributed by atoms with van der Waals surface area (Å²) in [6.07, 6.45) is 2.32. The van der Waals surface area contributed by atoms with E-state index in [2.05, 4.69) is 41.6 Å². The number of rotatable bonds is 4. The van der Waals surface area contributed by atoms with Crippen LogP contribution in [-0.2, 0) is 12.0 Å². The summed E-state index contributed by atoms with van der Waals surface area (Å²) in [4.78, 5) is 4.62. The van der Waals surface area contributed by atoms with Crippen molar-refractivity contribution in [1.82, 2.24) is 4.98 Å². The Morgan fingerprint density at radius 2 is 1.89 bits per heavy atom. The van der Waals surface area contributed by atoms with Gasteiger partial charge in [0.1, 0.15) is 5.01 Å². The van der Waals surface area contributed by atoms with Crippen LogP contribution in [0.2, 0.25) is 0 Å². The van der Waals surface area contributed by atoms with Gasteiger partial charge in [-0.05, 0) is 25.8 Å². The number of aryl methyl sites for hydroxylation is 1. The van der Waals surface area contributed by atoms with Crippen LogP contribution in [0, 0.1) is 0 Å². The molecule has 0 bridgehead atoms. The molecule has 0 aliphatic rings. The summed E-state index contributed by atoms with van der Waals surface area (Å²) < 4.78 is 0. The summed E-state index contributed by atoms with van der Waals surface area (Å²) in [6.45, 7) is 6.17. The third-order valence-corrected chi connectivity index (χ3v) is 4.03. The van der Waals surface area contributed by atoms with Crippen molar-refractivity contribution < 1.29 is 0 Å². The van der Waals surface area contributed by atoms with Crippen molar-refractivity contribution in [3.05, 3.63) is 40.2 Å². The number of nitrogens with zero attached hydrogens (tertiary/aromatic N) is 1. The van der Waals surface area contributed by atoms with E-state index in [1.807, 2.05) is 13.8 Å². The van der Waals surface area contributed by atoms with Crippen molar-refractivity contribution in [2.45, 2.75) is 39.2 Å². The van der Waals surface area contributed by atoms with Crippen molar-refractivity contribution in [2.75, 3.05) is 0 Å². The molecule has 0 aliphatic heterocycles. The third kappa shape index (κ3) is 2.98. The smallest absolute Gasteiger partial charge is 0.113 e. The molecule has 96 valence electrons. The zero-order valence-corrected chi connectivity index (χ0v) is 12.1. The Morgan fingerprint density at radius 3 is 2.39 bits per heavy atom. The van der Waals surface area contributed by atoms with Crippen molar-refractivity contribution in [3.63, 3.8) is 0 Å². The molecule has 0 fully saturated rings.